The molecule has 2 aliphatic rings. The zero-order chi connectivity index (χ0) is 20.2. The van der Waals surface area contributed by atoms with Crippen molar-refractivity contribution in [1.82, 2.24) is 4.90 Å². The summed E-state index contributed by atoms with van der Waals surface area (Å²) < 4.78 is 0. The molecule has 1 aliphatic carbocycles. The Balaban J connectivity index is 2.26. The largest absolute Gasteiger partial charge is 0.298 e. The van der Waals surface area contributed by atoms with E-state index in [9.17, 15) is 4.79 Å². The van der Waals surface area contributed by atoms with Crippen LogP contribution >= 0.6 is 11.6 Å². The molecule has 0 N–H and O–H groups in total. The van der Waals surface area contributed by atoms with Crippen molar-refractivity contribution < 1.29 is 4.79 Å². The Morgan fingerprint density at radius 3 is 2.67 bits per heavy atom. The van der Waals surface area contributed by atoms with Gasteiger partial charge in [0, 0.05) is 24.7 Å². The van der Waals surface area contributed by atoms with Crippen molar-refractivity contribution in [2.45, 2.75) is 54.4 Å². The highest BCUT2D eigenvalue weighted by molar-refractivity contribution is 6.31. The molecule has 0 aromatic rings. The number of carbonyl (C=O) groups excluding carboxylic acids is 1. The molecule has 0 spiro atoms. The second-order valence-electron chi connectivity index (χ2n) is 8.77. The average Bonchev–Trinajstić information content (AvgIpc) is 2.89. The minimum absolute atomic E-state index is 0.0667. The van der Waals surface area contributed by atoms with Gasteiger partial charge < -0.3 is 0 Å². The molecule has 0 aromatic carbocycles. The zero-order valence-corrected chi connectivity index (χ0v) is 18.5. The summed E-state index contributed by atoms with van der Waals surface area (Å²) in [6, 6.07) is 0. The van der Waals surface area contributed by atoms with Gasteiger partial charge in [0.2, 0.25) is 0 Å². The van der Waals surface area contributed by atoms with Crippen LogP contribution in [0.25, 0.3) is 0 Å². The highest BCUT2D eigenvalue weighted by Crippen LogP contribution is 2.33. The molecule has 3 heteroatoms. The van der Waals surface area contributed by atoms with E-state index < -0.39 is 0 Å². The van der Waals surface area contributed by atoms with E-state index >= 15 is 0 Å². The molecule has 0 radical (unpaired) electrons. The molecule has 1 unspecified atom stereocenters. The second-order valence-corrected chi connectivity index (χ2v) is 9.20. The lowest BCUT2D eigenvalue weighted by Crippen LogP contribution is -2.38. The van der Waals surface area contributed by atoms with E-state index in [1.165, 1.54) is 16.7 Å². The summed E-state index contributed by atoms with van der Waals surface area (Å²) in [6.45, 7) is 15.4. The van der Waals surface area contributed by atoms with Crippen LogP contribution in [-0.4, -0.2) is 30.3 Å². The number of hydrogen-bond acceptors (Lipinski definition) is 2. The number of nitrogens with zero attached hydrogens (tertiary/aromatic N) is 1. The quantitative estimate of drug-likeness (QED) is 0.522. The topological polar surface area (TPSA) is 20.3 Å². The van der Waals surface area contributed by atoms with Crippen LogP contribution in [0.1, 0.15) is 54.4 Å². The Hall–Kier alpha value is -1.38. The number of ketones is 1. The molecular formula is C24H34ClNO. The number of allylic oxidation sites excluding steroid dienone is 7. The molecule has 1 aliphatic heterocycles. The maximum Gasteiger partial charge on any atom is 0.155 e. The number of Topliss-reactive ketones (excluding diaryl/α,β-unsaturated/α-hetero) is 1. The van der Waals surface area contributed by atoms with Gasteiger partial charge in [0.05, 0.1) is 0 Å². The first-order valence-corrected chi connectivity index (χ1v) is 10.3. The van der Waals surface area contributed by atoms with Crippen molar-refractivity contribution in [2.75, 3.05) is 19.6 Å². The average molecular weight is 388 g/mol. The van der Waals surface area contributed by atoms with Crippen LogP contribution in [-0.2, 0) is 4.79 Å². The molecule has 0 bridgehead atoms. The fraction of sp³-hybridized carbons (Fsp3) is 0.542. The molecule has 27 heavy (non-hydrogen) atoms. The van der Waals surface area contributed by atoms with Gasteiger partial charge in [0.25, 0.3) is 0 Å². The SMILES string of the molecule is C/C=C(Cl)\C=C(\CN1CC/C=C(\C(C)=O)CC(C)(C)C1)C1=CC(C)=CC1C. The molecular weight excluding hydrogens is 354 g/mol. The normalized spacial score (nSPS) is 26.6. The Bertz CT molecular complexity index is 733. The molecule has 1 atom stereocenters. The van der Waals surface area contributed by atoms with Gasteiger partial charge in [0.15, 0.2) is 5.78 Å². The molecule has 148 valence electrons. The lowest BCUT2D eigenvalue weighted by atomic mass is 9.82. The second kappa shape index (κ2) is 9.21. The summed E-state index contributed by atoms with van der Waals surface area (Å²) in [5.74, 6) is 0.632. The Morgan fingerprint density at radius 2 is 2.11 bits per heavy atom. The third-order valence-electron chi connectivity index (χ3n) is 5.35. The standard InChI is InChI=1S/C24H34ClNO/c1-7-22(25)13-21(23-12-17(2)11-18(23)3)15-26-10-8-9-20(19(4)27)14-24(5,6)16-26/h7,9,11-13,18H,8,10,14-16H2,1-6H3/b20-9-,21-13-,22-7+. The molecule has 0 saturated heterocycles. The molecule has 0 saturated carbocycles. The summed E-state index contributed by atoms with van der Waals surface area (Å²) in [4.78, 5) is 14.4. The summed E-state index contributed by atoms with van der Waals surface area (Å²) in [6.07, 6.45) is 12.6. The maximum atomic E-state index is 11.9. The van der Waals surface area contributed by atoms with Gasteiger partial charge in [-0.05, 0) is 67.7 Å². The molecule has 0 fully saturated rings. The predicted octanol–water partition coefficient (Wildman–Crippen LogP) is 6.22. The van der Waals surface area contributed by atoms with Crippen molar-refractivity contribution in [3.05, 3.63) is 57.7 Å². The van der Waals surface area contributed by atoms with E-state index in [1.807, 2.05) is 13.0 Å². The summed E-state index contributed by atoms with van der Waals surface area (Å²) in [7, 11) is 0. The minimum atomic E-state index is 0.0667. The van der Waals surface area contributed by atoms with Crippen LogP contribution in [0.4, 0.5) is 0 Å². The predicted molar refractivity (Wildman–Crippen MR) is 117 cm³/mol. The van der Waals surface area contributed by atoms with E-state index in [0.29, 0.717) is 5.92 Å². The van der Waals surface area contributed by atoms with Crippen LogP contribution in [0.15, 0.2) is 57.7 Å². The lowest BCUT2D eigenvalue weighted by Gasteiger charge is -2.36. The summed E-state index contributed by atoms with van der Waals surface area (Å²) in [5, 5.41) is 0.785. The first-order chi connectivity index (χ1) is 12.6. The fourth-order valence-electron chi connectivity index (χ4n) is 4.16. The van der Waals surface area contributed by atoms with Crippen molar-refractivity contribution in [1.29, 1.82) is 0 Å². The fourth-order valence-corrected chi connectivity index (χ4v) is 4.29. The van der Waals surface area contributed by atoms with E-state index in [0.717, 1.165) is 43.1 Å². The van der Waals surface area contributed by atoms with E-state index in [1.54, 1.807) is 6.92 Å². The zero-order valence-electron chi connectivity index (χ0n) is 17.7. The van der Waals surface area contributed by atoms with Crippen LogP contribution in [0.2, 0.25) is 0 Å². The van der Waals surface area contributed by atoms with Gasteiger partial charge in [-0.15, -0.1) is 0 Å². The third-order valence-corrected chi connectivity index (χ3v) is 5.68. The van der Waals surface area contributed by atoms with Crippen molar-refractivity contribution in [2.24, 2.45) is 11.3 Å². The highest BCUT2D eigenvalue weighted by atomic mass is 35.5. The van der Waals surface area contributed by atoms with Crippen molar-refractivity contribution in [3.63, 3.8) is 0 Å². The number of carbonyl (C=O) groups is 1. The Morgan fingerprint density at radius 1 is 1.41 bits per heavy atom. The van der Waals surface area contributed by atoms with Gasteiger partial charge in [-0.1, -0.05) is 62.2 Å². The first-order valence-electron chi connectivity index (χ1n) is 9.96. The van der Waals surface area contributed by atoms with Gasteiger partial charge in [-0.3, -0.25) is 9.69 Å². The number of hydrogen-bond donors (Lipinski definition) is 0. The Labute approximate surface area is 170 Å². The highest BCUT2D eigenvalue weighted by Gasteiger charge is 2.28. The molecule has 2 rings (SSSR count). The lowest BCUT2D eigenvalue weighted by molar-refractivity contribution is -0.114. The molecule has 0 amide bonds. The van der Waals surface area contributed by atoms with E-state index in [2.05, 4.69) is 56.9 Å². The first kappa shape index (κ1) is 21.9. The van der Waals surface area contributed by atoms with Gasteiger partial charge in [-0.2, -0.15) is 0 Å². The Kier molecular flexibility index (Phi) is 7.47. The van der Waals surface area contributed by atoms with Gasteiger partial charge in [-0.25, -0.2) is 0 Å². The van der Waals surface area contributed by atoms with Crippen LogP contribution < -0.4 is 0 Å². The van der Waals surface area contributed by atoms with Crippen molar-refractivity contribution >= 4 is 17.4 Å². The van der Waals surface area contributed by atoms with Gasteiger partial charge >= 0.3 is 0 Å². The van der Waals surface area contributed by atoms with Crippen LogP contribution in [0, 0.1) is 11.3 Å². The maximum absolute atomic E-state index is 11.9. The van der Waals surface area contributed by atoms with E-state index in [4.69, 9.17) is 11.6 Å². The minimum Gasteiger partial charge on any atom is -0.298 e. The van der Waals surface area contributed by atoms with Crippen LogP contribution in [0.3, 0.4) is 0 Å². The van der Waals surface area contributed by atoms with Crippen molar-refractivity contribution in [3.8, 4) is 0 Å². The molecule has 2 nitrogen and oxygen atoms in total. The van der Waals surface area contributed by atoms with Gasteiger partial charge in [0.1, 0.15) is 0 Å². The third kappa shape index (κ3) is 6.33. The molecule has 1 heterocycles. The number of rotatable bonds is 5. The van der Waals surface area contributed by atoms with Crippen LogP contribution in [0.5, 0.6) is 0 Å². The molecule has 0 aromatic heterocycles. The summed E-state index contributed by atoms with van der Waals surface area (Å²) >= 11 is 6.38. The summed E-state index contributed by atoms with van der Waals surface area (Å²) in [5.41, 5.74) is 5.04. The van der Waals surface area contributed by atoms with E-state index in [-0.39, 0.29) is 11.2 Å². The monoisotopic (exact) mass is 387 g/mol. The smallest absolute Gasteiger partial charge is 0.155 e. The number of halogens is 1.